The van der Waals surface area contributed by atoms with Crippen molar-refractivity contribution in [1.82, 2.24) is 8.80 Å². The molecule has 0 atom stereocenters. The molecule has 0 fully saturated rings. The third-order valence-electron chi connectivity index (χ3n) is 22.3. The molecular formula is C92H74N4. The first-order valence-corrected chi connectivity index (χ1v) is 34.3. The van der Waals surface area contributed by atoms with E-state index in [0.717, 1.165) is 22.7 Å². The van der Waals surface area contributed by atoms with Gasteiger partial charge in [0.1, 0.15) is 0 Å². The lowest BCUT2D eigenvalue weighted by Crippen LogP contribution is -2.16. The lowest BCUT2D eigenvalue weighted by molar-refractivity contribution is 0.591. The summed E-state index contributed by atoms with van der Waals surface area (Å²) in [5.74, 6) is 0. The van der Waals surface area contributed by atoms with E-state index in [-0.39, 0.29) is 21.7 Å². The lowest BCUT2D eigenvalue weighted by Gasteiger charge is -2.31. The average Bonchev–Trinajstić information content (AvgIpc) is 1.51. The highest BCUT2D eigenvalue weighted by atomic mass is 15.2. The van der Waals surface area contributed by atoms with Crippen LogP contribution in [0.25, 0.3) is 121 Å². The van der Waals surface area contributed by atoms with Gasteiger partial charge in [0.2, 0.25) is 0 Å². The van der Waals surface area contributed by atoms with Crippen molar-refractivity contribution in [2.45, 2.75) is 90.9 Å². The molecule has 96 heavy (non-hydrogen) atoms. The first-order valence-electron chi connectivity index (χ1n) is 34.3. The summed E-state index contributed by atoms with van der Waals surface area (Å²) in [5.41, 5.74) is 31.6. The van der Waals surface area contributed by atoms with E-state index in [1.165, 1.54) is 165 Å². The highest BCUT2D eigenvalue weighted by Crippen LogP contribution is 2.60. The Kier molecular flexibility index (Phi) is 11.7. The molecule has 4 heteroatoms. The van der Waals surface area contributed by atoms with Crippen LogP contribution >= 0.6 is 0 Å². The third kappa shape index (κ3) is 7.73. The highest BCUT2D eigenvalue weighted by Gasteiger charge is 2.41. The Morgan fingerprint density at radius 3 is 1.03 bits per heavy atom. The van der Waals surface area contributed by atoms with Crippen LogP contribution in [0.5, 0.6) is 0 Å². The van der Waals surface area contributed by atoms with Crippen molar-refractivity contribution in [2.24, 2.45) is 0 Å². The minimum atomic E-state index is -0.195. The maximum atomic E-state index is 2.63. The van der Waals surface area contributed by atoms with E-state index >= 15 is 0 Å². The number of rotatable bonds is 8. The first-order chi connectivity index (χ1) is 46.5. The standard InChI is InChI=1S/C92H74N4/c1-89(2,3)57-43-47-75-67(51-57)85-79(93(73-39-23-19-31-59(73)55-27-13-11-14-28-55)77-41-25-37-71-83(77)63-33-17-21-35-69(63)91(71,7)8)49-45-61-65-54-82-66(53-81(65)95(75)87(61)85)62-46-50-80(86-68-52-58(90(4,5)6)44-48-76(68)96(82)88(62)86)94(74-40-24-20-32-60(74)56-29-15-12-16-30-56)78-42-26-38-72-84(78)64-34-18-22-36-70(64)92(72,9)10/h11-54H,1-10H3. The van der Waals surface area contributed by atoms with E-state index in [0.29, 0.717) is 0 Å². The Morgan fingerprint density at radius 2 is 0.625 bits per heavy atom. The van der Waals surface area contributed by atoms with Crippen LogP contribution in [-0.2, 0) is 21.7 Å². The number of benzene rings is 13. The van der Waals surface area contributed by atoms with Crippen molar-refractivity contribution >= 4 is 110 Å². The molecule has 0 unspecified atom stereocenters. The molecule has 0 spiro atoms. The van der Waals surface area contributed by atoms with E-state index < -0.39 is 0 Å². The van der Waals surface area contributed by atoms with Gasteiger partial charge in [-0.1, -0.05) is 263 Å². The number of nitrogens with zero attached hydrogens (tertiary/aromatic N) is 4. The average molecular weight is 1240 g/mol. The van der Waals surface area contributed by atoms with Crippen molar-refractivity contribution in [2.75, 3.05) is 9.80 Å². The molecule has 0 radical (unpaired) electrons. The van der Waals surface area contributed by atoms with Gasteiger partial charge in [-0.3, -0.25) is 0 Å². The zero-order valence-corrected chi connectivity index (χ0v) is 56.2. The van der Waals surface area contributed by atoms with Gasteiger partial charge in [-0.15, -0.1) is 0 Å². The number of hydrogen-bond acceptors (Lipinski definition) is 2. The molecule has 0 N–H and O–H groups in total. The molecule has 2 aliphatic carbocycles. The molecule has 4 aromatic heterocycles. The van der Waals surface area contributed by atoms with E-state index in [4.69, 9.17) is 0 Å². The Balaban J connectivity index is 0.925. The molecule has 0 bridgehead atoms. The topological polar surface area (TPSA) is 15.3 Å². The van der Waals surface area contributed by atoms with Gasteiger partial charge < -0.3 is 18.6 Å². The van der Waals surface area contributed by atoms with Crippen molar-refractivity contribution in [1.29, 1.82) is 0 Å². The van der Waals surface area contributed by atoms with Crippen molar-refractivity contribution < 1.29 is 0 Å². The Morgan fingerprint density at radius 1 is 0.271 bits per heavy atom. The van der Waals surface area contributed by atoms with Gasteiger partial charge in [-0.2, -0.15) is 0 Å². The third-order valence-corrected chi connectivity index (χ3v) is 22.3. The van der Waals surface area contributed by atoms with Gasteiger partial charge in [0.25, 0.3) is 0 Å². The summed E-state index contributed by atoms with van der Waals surface area (Å²) in [6, 6.07) is 102. The minimum Gasteiger partial charge on any atom is -0.309 e. The van der Waals surface area contributed by atoms with Crippen molar-refractivity contribution in [3.05, 3.63) is 300 Å². The van der Waals surface area contributed by atoms with Gasteiger partial charge in [-0.25, -0.2) is 0 Å². The normalized spacial score (nSPS) is 14.1. The molecule has 19 rings (SSSR count). The van der Waals surface area contributed by atoms with Crippen LogP contribution in [0, 0.1) is 0 Å². The zero-order valence-electron chi connectivity index (χ0n) is 56.2. The Bertz CT molecular complexity index is 5720. The van der Waals surface area contributed by atoms with Crippen LogP contribution < -0.4 is 9.80 Å². The van der Waals surface area contributed by atoms with E-state index in [1.54, 1.807) is 0 Å². The van der Waals surface area contributed by atoms with E-state index in [2.05, 4.69) is 355 Å². The first kappa shape index (κ1) is 56.6. The maximum absolute atomic E-state index is 2.63. The second kappa shape index (κ2) is 19.8. The summed E-state index contributed by atoms with van der Waals surface area (Å²) in [6.45, 7) is 23.7. The fraction of sp³-hybridized carbons (Fsp3) is 0.152. The smallest absolute Gasteiger partial charge is 0.0641 e. The van der Waals surface area contributed by atoms with E-state index in [1.807, 2.05) is 0 Å². The monoisotopic (exact) mass is 1230 g/mol. The molecule has 462 valence electrons. The molecule has 4 heterocycles. The molecule has 0 saturated carbocycles. The SMILES string of the molecule is CC(C)(C)c1ccc2c(c1)c1c(N(c3ccccc3-c3ccccc3)c3cccc4c3-c3ccccc3C4(C)C)ccc3c4cc5c(cc4n2c31)c1ccc(N(c2ccccc2-c2ccccc2)c2cccc3c2-c2ccccc2C3(C)C)c2c3cc(C(C)(C)C)ccc3n5c12. The minimum absolute atomic E-state index is 0.0966. The molecule has 4 nitrogen and oxygen atoms in total. The molecule has 0 amide bonds. The molecule has 13 aromatic carbocycles. The molecule has 17 aromatic rings. The lowest BCUT2D eigenvalue weighted by atomic mass is 9.82. The van der Waals surface area contributed by atoms with Crippen LogP contribution in [0.15, 0.2) is 267 Å². The number of anilines is 6. The van der Waals surface area contributed by atoms with Crippen LogP contribution in [-0.4, -0.2) is 8.80 Å². The number of hydrogen-bond donors (Lipinski definition) is 0. The fourth-order valence-corrected chi connectivity index (χ4v) is 17.6. The quantitative estimate of drug-likeness (QED) is 0.151. The van der Waals surface area contributed by atoms with Crippen molar-refractivity contribution in [3.63, 3.8) is 0 Å². The Hall–Kier alpha value is -10.9. The predicted octanol–water partition coefficient (Wildman–Crippen LogP) is 25.5. The summed E-state index contributed by atoms with van der Waals surface area (Å²) in [5, 5.41) is 9.97. The van der Waals surface area contributed by atoms with Gasteiger partial charge >= 0.3 is 0 Å². The largest absolute Gasteiger partial charge is 0.309 e. The van der Waals surface area contributed by atoms with Gasteiger partial charge in [0.05, 0.1) is 67.2 Å². The number of aromatic nitrogens is 2. The van der Waals surface area contributed by atoms with Gasteiger partial charge in [-0.05, 0) is 139 Å². The summed E-state index contributed by atoms with van der Waals surface area (Å²) in [6.07, 6.45) is 0. The summed E-state index contributed by atoms with van der Waals surface area (Å²) in [7, 11) is 0. The molecular weight excluding hydrogens is 1160 g/mol. The predicted molar refractivity (Wildman–Crippen MR) is 409 cm³/mol. The summed E-state index contributed by atoms with van der Waals surface area (Å²) >= 11 is 0. The van der Waals surface area contributed by atoms with Crippen LogP contribution in [0.3, 0.4) is 0 Å². The summed E-state index contributed by atoms with van der Waals surface area (Å²) < 4.78 is 5.26. The van der Waals surface area contributed by atoms with Crippen LogP contribution in [0.4, 0.5) is 34.1 Å². The highest BCUT2D eigenvalue weighted by molar-refractivity contribution is 6.33. The number of fused-ring (bicyclic) bond motifs is 18. The maximum Gasteiger partial charge on any atom is 0.0641 e. The fourth-order valence-electron chi connectivity index (χ4n) is 17.6. The molecule has 0 aliphatic heterocycles. The van der Waals surface area contributed by atoms with E-state index in [9.17, 15) is 0 Å². The van der Waals surface area contributed by atoms with Crippen molar-refractivity contribution in [3.8, 4) is 44.5 Å². The number of para-hydroxylation sites is 2. The molecule has 2 aliphatic rings. The molecule has 0 saturated heterocycles. The van der Waals surface area contributed by atoms with Crippen LogP contribution in [0.2, 0.25) is 0 Å². The zero-order chi connectivity index (χ0) is 65.1. The van der Waals surface area contributed by atoms with Crippen LogP contribution in [0.1, 0.15) is 103 Å². The second-order valence-electron chi connectivity index (χ2n) is 30.4. The van der Waals surface area contributed by atoms with Gasteiger partial charge in [0, 0.05) is 76.2 Å². The summed E-state index contributed by atoms with van der Waals surface area (Å²) in [4.78, 5) is 5.25. The Labute approximate surface area is 561 Å². The van der Waals surface area contributed by atoms with Gasteiger partial charge in [0.15, 0.2) is 0 Å². The second-order valence-corrected chi connectivity index (χ2v) is 30.4.